The van der Waals surface area contributed by atoms with Crippen LogP contribution in [0.5, 0.6) is 5.88 Å². The monoisotopic (exact) mass is 311 g/mol. The van der Waals surface area contributed by atoms with Gasteiger partial charge in [-0.1, -0.05) is 32.0 Å². The fourth-order valence-electron chi connectivity index (χ4n) is 2.78. The predicted octanol–water partition coefficient (Wildman–Crippen LogP) is 3.80. The molecule has 118 valence electrons. The number of rotatable bonds is 2. The third kappa shape index (κ3) is 2.92. The first kappa shape index (κ1) is 15.1. The fourth-order valence-corrected chi connectivity index (χ4v) is 2.78. The first-order valence-electron chi connectivity index (χ1n) is 7.34. The Labute approximate surface area is 132 Å². The number of nitrogens with one attached hydrogen (secondary N) is 1. The Kier molecular flexibility index (Phi) is 3.60. The number of benzene rings is 1. The van der Waals surface area contributed by atoms with Gasteiger partial charge in [0.2, 0.25) is 5.88 Å². The first-order valence-corrected chi connectivity index (χ1v) is 7.34. The van der Waals surface area contributed by atoms with Crippen LogP contribution in [0.1, 0.15) is 26.7 Å². The number of hydrogen-bond donors (Lipinski definition) is 2. The minimum atomic E-state index is -0.308. The largest absolute Gasteiger partial charge is 0.493 e. The number of aromatic nitrogens is 1. The second kappa shape index (κ2) is 5.46. The highest BCUT2D eigenvalue weighted by Gasteiger charge is 2.35. The van der Waals surface area contributed by atoms with Gasteiger partial charge in [0.25, 0.3) is 0 Å². The molecule has 1 aromatic carbocycles. The average molecular weight is 311 g/mol. The number of nitrogens with zero attached hydrogens (tertiary/aromatic N) is 2. The number of para-hydroxylation sites is 1. The van der Waals surface area contributed by atoms with Crippen molar-refractivity contribution in [1.29, 1.82) is 0 Å². The van der Waals surface area contributed by atoms with Crippen molar-refractivity contribution in [2.24, 2.45) is 15.6 Å². The number of carbonyl (C=O) groups is 2. The number of ketones is 2. The number of allylic oxidation sites excluding steroid dienone is 1. The maximum Gasteiger partial charge on any atom is 0.218 e. The number of hydrogen-bond acceptors (Lipinski definition) is 5. The van der Waals surface area contributed by atoms with E-state index in [1.165, 1.54) is 6.20 Å². The average Bonchev–Trinajstić information content (AvgIpc) is 2.76. The van der Waals surface area contributed by atoms with E-state index in [1.807, 2.05) is 32.0 Å². The summed E-state index contributed by atoms with van der Waals surface area (Å²) in [7, 11) is 0. The van der Waals surface area contributed by atoms with E-state index in [0.717, 1.165) is 10.9 Å². The van der Waals surface area contributed by atoms with E-state index in [0.29, 0.717) is 12.8 Å². The molecule has 6 nitrogen and oxygen atoms in total. The molecule has 1 fully saturated rings. The number of azo groups is 1. The zero-order valence-corrected chi connectivity index (χ0v) is 13.0. The van der Waals surface area contributed by atoms with E-state index in [4.69, 9.17) is 0 Å². The summed E-state index contributed by atoms with van der Waals surface area (Å²) in [6, 6.07) is 7.26. The van der Waals surface area contributed by atoms with E-state index >= 15 is 0 Å². The van der Waals surface area contributed by atoms with Crippen LogP contribution in [-0.2, 0) is 9.59 Å². The number of H-pyrrole nitrogens is 1. The van der Waals surface area contributed by atoms with Gasteiger partial charge in [-0.25, -0.2) is 0 Å². The summed E-state index contributed by atoms with van der Waals surface area (Å²) >= 11 is 0. The molecule has 1 aliphatic carbocycles. The molecule has 2 aromatic rings. The van der Waals surface area contributed by atoms with Crippen LogP contribution in [-0.4, -0.2) is 21.7 Å². The molecule has 0 unspecified atom stereocenters. The molecule has 23 heavy (non-hydrogen) atoms. The van der Waals surface area contributed by atoms with E-state index in [1.54, 1.807) is 6.07 Å². The Hall–Kier alpha value is -2.76. The summed E-state index contributed by atoms with van der Waals surface area (Å²) in [5.41, 5.74) is 0.789. The molecule has 6 heteroatoms. The van der Waals surface area contributed by atoms with Gasteiger partial charge in [-0.15, -0.1) is 5.11 Å². The van der Waals surface area contributed by atoms with E-state index < -0.39 is 0 Å². The molecule has 3 rings (SSSR count). The van der Waals surface area contributed by atoms with Crippen molar-refractivity contribution in [3.63, 3.8) is 0 Å². The van der Waals surface area contributed by atoms with E-state index in [2.05, 4.69) is 15.2 Å². The summed E-state index contributed by atoms with van der Waals surface area (Å²) in [4.78, 5) is 26.9. The van der Waals surface area contributed by atoms with Gasteiger partial charge in [-0.05, 0) is 11.5 Å². The third-order valence-electron chi connectivity index (χ3n) is 3.88. The maximum absolute atomic E-state index is 12.0. The topological polar surface area (TPSA) is 94.9 Å². The molecule has 1 saturated carbocycles. The van der Waals surface area contributed by atoms with Crippen LogP contribution in [0.15, 0.2) is 46.3 Å². The van der Waals surface area contributed by atoms with Gasteiger partial charge in [0.15, 0.2) is 17.3 Å². The lowest BCUT2D eigenvalue weighted by molar-refractivity contribution is -0.127. The second-order valence-electron chi connectivity index (χ2n) is 6.49. The zero-order chi connectivity index (χ0) is 16.6. The van der Waals surface area contributed by atoms with Gasteiger partial charge in [-0.2, -0.15) is 5.11 Å². The standard InChI is InChI=1S/C17H17N3O3/c1-17(2)7-13(21)11(14(22)8-17)9-18-20-15-10-5-3-4-6-12(10)19-16(15)23/h3-6,9,19,23H,7-8H2,1-2H3. The first-order chi connectivity index (χ1) is 10.9. The third-order valence-corrected chi connectivity index (χ3v) is 3.88. The second-order valence-corrected chi connectivity index (χ2v) is 6.49. The lowest BCUT2D eigenvalue weighted by atomic mass is 9.74. The van der Waals surface area contributed by atoms with Crippen LogP contribution in [0.2, 0.25) is 0 Å². The summed E-state index contributed by atoms with van der Waals surface area (Å²) in [6.45, 7) is 3.79. The SMILES string of the molecule is CC1(C)CC(=O)C(=CN=Nc2c(O)[nH]c3ccccc23)C(=O)C1. The van der Waals surface area contributed by atoms with Crippen LogP contribution >= 0.6 is 0 Å². The molecule has 0 aliphatic heterocycles. The number of aromatic amines is 1. The highest BCUT2D eigenvalue weighted by atomic mass is 16.3. The van der Waals surface area contributed by atoms with Crippen LogP contribution in [0.3, 0.4) is 0 Å². The van der Waals surface area contributed by atoms with Gasteiger partial charge in [0.1, 0.15) is 0 Å². The molecule has 0 atom stereocenters. The van der Waals surface area contributed by atoms with Crippen LogP contribution < -0.4 is 0 Å². The van der Waals surface area contributed by atoms with Crippen molar-refractivity contribution in [2.75, 3.05) is 0 Å². The molecular formula is C17H17N3O3. The van der Waals surface area contributed by atoms with Gasteiger partial charge in [0.05, 0.1) is 17.3 Å². The van der Waals surface area contributed by atoms with Gasteiger partial charge in [-0.3, -0.25) is 9.59 Å². The molecule has 0 bridgehead atoms. The molecule has 0 amide bonds. The minimum absolute atomic E-state index is 0.0763. The minimum Gasteiger partial charge on any atom is -0.493 e. The quantitative estimate of drug-likeness (QED) is 0.501. The lowest BCUT2D eigenvalue weighted by Gasteiger charge is -2.27. The van der Waals surface area contributed by atoms with Gasteiger partial charge >= 0.3 is 0 Å². The van der Waals surface area contributed by atoms with Crippen molar-refractivity contribution in [3.05, 3.63) is 36.0 Å². The smallest absolute Gasteiger partial charge is 0.218 e. The number of fused-ring (bicyclic) bond motifs is 1. The molecule has 1 aliphatic rings. The van der Waals surface area contributed by atoms with Gasteiger partial charge < -0.3 is 10.1 Å². The van der Waals surface area contributed by atoms with Crippen molar-refractivity contribution in [2.45, 2.75) is 26.7 Å². The highest BCUT2D eigenvalue weighted by Crippen LogP contribution is 2.36. The van der Waals surface area contributed by atoms with E-state index in [9.17, 15) is 14.7 Å². The molecule has 1 heterocycles. The number of aromatic hydroxyl groups is 1. The Morgan fingerprint density at radius 3 is 2.52 bits per heavy atom. The highest BCUT2D eigenvalue weighted by molar-refractivity contribution is 6.22. The van der Waals surface area contributed by atoms with Crippen LogP contribution in [0.4, 0.5) is 5.69 Å². The van der Waals surface area contributed by atoms with Crippen LogP contribution in [0.25, 0.3) is 10.9 Å². The Morgan fingerprint density at radius 1 is 1.17 bits per heavy atom. The number of carbonyl (C=O) groups excluding carboxylic acids is 2. The molecule has 0 radical (unpaired) electrons. The molecular weight excluding hydrogens is 294 g/mol. The Balaban J connectivity index is 1.89. The fraction of sp³-hybridized carbons (Fsp3) is 0.294. The molecule has 0 spiro atoms. The summed E-state index contributed by atoms with van der Waals surface area (Å²) in [5.74, 6) is -0.530. The number of Topliss-reactive ketones (excluding diaryl/α,β-unsaturated/α-hetero) is 2. The predicted molar refractivity (Wildman–Crippen MR) is 85.6 cm³/mol. The maximum atomic E-state index is 12.0. The van der Waals surface area contributed by atoms with Crippen molar-refractivity contribution < 1.29 is 14.7 Å². The molecule has 2 N–H and O–H groups in total. The van der Waals surface area contributed by atoms with E-state index in [-0.39, 0.29) is 34.1 Å². The zero-order valence-electron chi connectivity index (χ0n) is 13.0. The normalized spacial score (nSPS) is 18.1. The molecule has 0 saturated heterocycles. The summed E-state index contributed by atoms with van der Waals surface area (Å²) in [5, 5.41) is 18.4. The Morgan fingerprint density at radius 2 is 1.83 bits per heavy atom. The molecule has 1 aromatic heterocycles. The summed E-state index contributed by atoms with van der Waals surface area (Å²) in [6.07, 6.45) is 1.83. The Bertz CT molecular complexity index is 837. The lowest BCUT2D eigenvalue weighted by Crippen LogP contribution is -2.31. The van der Waals surface area contributed by atoms with Gasteiger partial charge in [0, 0.05) is 18.2 Å². The van der Waals surface area contributed by atoms with Crippen molar-refractivity contribution >= 4 is 28.2 Å². The van der Waals surface area contributed by atoms with Crippen molar-refractivity contribution in [3.8, 4) is 5.88 Å². The van der Waals surface area contributed by atoms with Crippen LogP contribution in [0, 0.1) is 5.41 Å². The summed E-state index contributed by atoms with van der Waals surface area (Å²) < 4.78 is 0. The van der Waals surface area contributed by atoms with Crippen molar-refractivity contribution in [1.82, 2.24) is 4.98 Å².